The molecule has 0 bridgehead atoms. The van der Waals surface area contributed by atoms with E-state index in [1.54, 1.807) is 0 Å². The maximum atomic E-state index is 5.47. The van der Waals surface area contributed by atoms with Gasteiger partial charge in [0.15, 0.2) is 17.1 Å². The lowest BCUT2D eigenvalue weighted by atomic mass is 10.1. The van der Waals surface area contributed by atoms with Gasteiger partial charge in [0.1, 0.15) is 0 Å². The van der Waals surface area contributed by atoms with E-state index in [9.17, 15) is 0 Å². The summed E-state index contributed by atoms with van der Waals surface area (Å²) in [6.45, 7) is 12.2. The fourth-order valence-electron chi connectivity index (χ4n) is 2.71. The van der Waals surface area contributed by atoms with Gasteiger partial charge >= 0.3 is 0 Å². The summed E-state index contributed by atoms with van der Waals surface area (Å²) < 4.78 is 0. The Morgan fingerprint density at radius 3 is 1.14 bits per heavy atom. The van der Waals surface area contributed by atoms with Crippen molar-refractivity contribution in [2.45, 2.75) is 41.5 Å². The highest BCUT2D eigenvalue weighted by Gasteiger charge is 2.10. The Bertz CT molecular complexity index is 559. The van der Waals surface area contributed by atoms with Gasteiger partial charge in [0.05, 0.1) is 0 Å². The number of benzene rings is 2. The van der Waals surface area contributed by atoms with E-state index >= 15 is 0 Å². The molecule has 0 N–H and O–H groups in total. The van der Waals surface area contributed by atoms with Crippen molar-refractivity contribution in [3.63, 3.8) is 0 Å². The van der Waals surface area contributed by atoms with Crippen molar-refractivity contribution in [1.82, 2.24) is 5.64 Å². The molecule has 3 heteroatoms. The molecule has 0 amide bonds. The molecule has 0 spiro atoms. The van der Waals surface area contributed by atoms with Crippen LogP contribution >= 0.6 is 0 Å². The average Bonchev–Trinajstić information content (AvgIpc) is 2.34. The summed E-state index contributed by atoms with van der Waals surface area (Å²) in [7, 11) is 0. The Labute approximate surface area is 126 Å². The summed E-state index contributed by atoms with van der Waals surface area (Å²) in [6, 6.07) is 8.28. The molecular formula is C18H22NO2. The zero-order chi connectivity index (χ0) is 15.6. The van der Waals surface area contributed by atoms with E-state index in [-0.39, 0.29) is 0 Å². The molecule has 1 radical (unpaired) electrons. The molecule has 0 atom stereocenters. The van der Waals surface area contributed by atoms with Crippen LogP contribution < -0.4 is 15.3 Å². The minimum atomic E-state index is 0.753. The van der Waals surface area contributed by atoms with Crippen molar-refractivity contribution in [2.24, 2.45) is 0 Å². The highest BCUT2D eigenvalue weighted by atomic mass is 16.9. The first kappa shape index (κ1) is 15.4. The molecule has 0 aliphatic rings. The highest BCUT2D eigenvalue weighted by Crippen LogP contribution is 2.26. The van der Waals surface area contributed by atoms with Gasteiger partial charge in [-0.3, -0.25) is 0 Å². The van der Waals surface area contributed by atoms with Crippen molar-refractivity contribution in [2.75, 3.05) is 0 Å². The minimum Gasteiger partial charge on any atom is -0.352 e. The number of hydrogen-bond acceptors (Lipinski definition) is 2. The van der Waals surface area contributed by atoms with E-state index in [4.69, 9.17) is 9.68 Å². The van der Waals surface area contributed by atoms with Gasteiger partial charge in [0.25, 0.3) is 0 Å². The molecule has 2 rings (SSSR count). The van der Waals surface area contributed by atoms with Crippen LogP contribution in [0.1, 0.15) is 33.4 Å². The van der Waals surface area contributed by atoms with Crippen LogP contribution in [0.4, 0.5) is 0 Å². The molecule has 0 fully saturated rings. The molecule has 0 saturated carbocycles. The SMILES string of the molecule is Cc1cc(C)c(O[N]Oc2c(C)cc(C)cc2C)c(C)c1. The number of hydrogen-bond donors (Lipinski definition) is 0. The molecule has 2 aromatic rings. The van der Waals surface area contributed by atoms with Crippen LogP contribution in [0.3, 0.4) is 0 Å². The molecule has 0 saturated heterocycles. The van der Waals surface area contributed by atoms with Gasteiger partial charge in [0.2, 0.25) is 0 Å². The first-order chi connectivity index (χ1) is 9.88. The molecule has 0 unspecified atom stereocenters. The molecule has 0 heterocycles. The van der Waals surface area contributed by atoms with E-state index in [1.165, 1.54) is 11.1 Å². The van der Waals surface area contributed by atoms with E-state index in [2.05, 4.69) is 43.8 Å². The van der Waals surface area contributed by atoms with E-state index < -0.39 is 0 Å². The maximum absolute atomic E-state index is 5.47. The lowest BCUT2D eigenvalue weighted by molar-refractivity contribution is -0.0319. The van der Waals surface area contributed by atoms with Crippen LogP contribution in [0.15, 0.2) is 24.3 Å². The Hall–Kier alpha value is -2.00. The van der Waals surface area contributed by atoms with Crippen molar-refractivity contribution in [3.05, 3.63) is 57.6 Å². The van der Waals surface area contributed by atoms with Gasteiger partial charge in [-0.2, -0.15) is 0 Å². The van der Waals surface area contributed by atoms with Crippen molar-refractivity contribution in [3.8, 4) is 11.5 Å². The molecule has 0 aliphatic carbocycles. The topological polar surface area (TPSA) is 32.6 Å². The lowest BCUT2D eigenvalue weighted by Crippen LogP contribution is -2.17. The molecule has 0 aromatic heterocycles. The number of rotatable bonds is 4. The van der Waals surface area contributed by atoms with Crippen LogP contribution in [-0.2, 0) is 0 Å². The van der Waals surface area contributed by atoms with Crippen LogP contribution in [0.2, 0.25) is 0 Å². The molecule has 0 aliphatic heterocycles. The van der Waals surface area contributed by atoms with E-state index in [0.717, 1.165) is 33.8 Å². The second-order valence-electron chi connectivity index (χ2n) is 5.71. The zero-order valence-corrected chi connectivity index (χ0v) is 13.6. The summed E-state index contributed by atoms with van der Waals surface area (Å²) in [5, 5.41) is 0. The molecular weight excluding hydrogens is 262 g/mol. The van der Waals surface area contributed by atoms with Gasteiger partial charge in [-0.15, -0.1) is 0 Å². The van der Waals surface area contributed by atoms with E-state index in [0.29, 0.717) is 0 Å². The van der Waals surface area contributed by atoms with Crippen molar-refractivity contribution < 1.29 is 9.68 Å². The fraction of sp³-hybridized carbons (Fsp3) is 0.333. The Balaban J connectivity index is 2.09. The standard InChI is InChI=1S/C18H22NO2/c1-11-7-13(3)17(14(4)8-11)20-19-21-18-15(5)9-12(2)10-16(18)6/h7-10H,1-6H3. The second-order valence-corrected chi connectivity index (χ2v) is 5.71. The third-order valence-electron chi connectivity index (χ3n) is 3.47. The normalized spacial score (nSPS) is 10.6. The largest absolute Gasteiger partial charge is 0.352 e. The number of nitrogens with zero attached hydrogens (tertiary/aromatic N) is 1. The Morgan fingerprint density at radius 1 is 0.571 bits per heavy atom. The van der Waals surface area contributed by atoms with E-state index in [1.807, 2.05) is 27.7 Å². The van der Waals surface area contributed by atoms with Gasteiger partial charge in [-0.25, -0.2) is 0 Å². The molecule has 21 heavy (non-hydrogen) atoms. The summed E-state index contributed by atoms with van der Waals surface area (Å²) in [6.07, 6.45) is 0. The Morgan fingerprint density at radius 2 is 0.857 bits per heavy atom. The monoisotopic (exact) mass is 284 g/mol. The van der Waals surface area contributed by atoms with Gasteiger partial charge in [-0.1, -0.05) is 35.4 Å². The van der Waals surface area contributed by atoms with Crippen LogP contribution in [0, 0.1) is 41.5 Å². The predicted molar refractivity (Wildman–Crippen MR) is 84.7 cm³/mol. The predicted octanol–water partition coefficient (Wildman–Crippen LogP) is 4.43. The van der Waals surface area contributed by atoms with Crippen LogP contribution in [-0.4, -0.2) is 0 Å². The van der Waals surface area contributed by atoms with Crippen molar-refractivity contribution >= 4 is 0 Å². The summed E-state index contributed by atoms with van der Waals surface area (Å²) in [5.41, 5.74) is 10.4. The third kappa shape index (κ3) is 3.56. The first-order valence-electron chi connectivity index (χ1n) is 7.08. The zero-order valence-electron chi connectivity index (χ0n) is 13.6. The average molecular weight is 284 g/mol. The molecule has 111 valence electrons. The summed E-state index contributed by atoms with van der Waals surface area (Å²) in [4.78, 5) is 10.9. The first-order valence-corrected chi connectivity index (χ1v) is 7.08. The lowest BCUT2D eigenvalue weighted by Gasteiger charge is -2.13. The summed E-state index contributed by atoms with van der Waals surface area (Å²) in [5.74, 6) is 1.51. The summed E-state index contributed by atoms with van der Waals surface area (Å²) >= 11 is 0. The quantitative estimate of drug-likeness (QED) is 0.778. The van der Waals surface area contributed by atoms with Crippen LogP contribution in [0.5, 0.6) is 11.5 Å². The van der Waals surface area contributed by atoms with Gasteiger partial charge in [-0.05, 0) is 63.8 Å². The molecule has 2 aromatic carbocycles. The third-order valence-corrected chi connectivity index (χ3v) is 3.47. The highest BCUT2D eigenvalue weighted by molar-refractivity contribution is 5.44. The molecule has 3 nitrogen and oxygen atoms in total. The van der Waals surface area contributed by atoms with Crippen LogP contribution in [0.25, 0.3) is 0 Å². The van der Waals surface area contributed by atoms with Gasteiger partial charge in [0, 0.05) is 0 Å². The Kier molecular flexibility index (Phi) is 4.53. The second kappa shape index (κ2) is 6.19. The fourth-order valence-corrected chi connectivity index (χ4v) is 2.71. The number of aryl methyl sites for hydroxylation is 6. The van der Waals surface area contributed by atoms with Gasteiger partial charge < -0.3 is 9.68 Å². The minimum absolute atomic E-state index is 0.753. The van der Waals surface area contributed by atoms with Crippen molar-refractivity contribution in [1.29, 1.82) is 0 Å². The maximum Gasteiger partial charge on any atom is 0.187 e. The smallest absolute Gasteiger partial charge is 0.187 e.